The summed E-state index contributed by atoms with van der Waals surface area (Å²) in [4.78, 5) is 10.9. The smallest absolute Gasteiger partial charge is 0.744 e. The van der Waals surface area contributed by atoms with E-state index in [0.29, 0.717) is 39.2 Å². The van der Waals surface area contributed by atoms with Crippen molar-refractivity contribution in [1.29, 1.82) is 0 Å². The summed E-state index contributed by atoms with van der Waals surface area (Å²) in [7, 11) is -19.8. The molecule has 65 heavy (non-hydrogen) atoms. The van der Waals surface area contributed by atoms with Crippen molar-refractivity contribution in [3.8, 4) is 39.1 Å². The molecule has 8 bridgehead atoms. The molecule has 3 aromatic heterocycles. The molecule has 0 saturated carbocycles. The number of rotatable bonds is 8. The molecule has 9 rings (SSSR count). The number of nitrogens with zero attached hydrogens (tertiary/aromatic N) is 3. The third kappa shape index (κ3) is 9.02. The molecule has 1 N–H and O–H groups in total. The van der Waals surface area contributed by atoms with Crippen molar-refractivity contribution in [3.63, 3.8) is 0 Å². The summed E-state index contributed by atoms with van der Waals surface area (Å²) < 4.78 is 148. The minimum Gasteiger partial charge on any atom is -0.744 e. The van der Waals surface area contributed by atoms with Crippen LogP contribution in [0.1, 0.15) is 22.8 Å². The maximum atomic E-state index is 12.2. The van der Waals surface area contributed by atoms with Gasteiger partial charge in [0.25, 0.3) is 0 Å². The van der Waals surface area contributed by atoms with Crippen molar-refractivity contribution in [2.24, 2.45) is 0 Å². The molecule has 7 aromatic rings. The molecular weight excluding hydrogens is 960 g/mol. The number of aromatic nitrogens is 4. The fraction of sp³-hybridized carbons (Fsp3) is 0. The quantitative estimate of drug-likeness (QED) is 0.122. The van der Waals surface area contributed by atoms with Crippen LogP contribution in [-0.4, -0.2) is 71.4 Å². The van der Waals surface area contributed by atoms with Crippen LogP contribution in [0.2, 0.25) is 0 Å². The first kappa shape index (κ1) is 45.2. The Hall–Kier alpha value is -6.36. The standard InChI is InChI=1S/C44H30N4O12S4.Mn/c49-61(50,51)35-14-1-26(2-15-35)41-39-22-11-32(47-39)24-31-8-7-29(45-31)23-30-9-10-33(46-30)25-40-42(27-3-16-36(17-4-27)62(52,53)54)43(28-5-18-37(19-6-28)63(55,56)57)44(41)48(40)34-12-20-38(21-13-34)64(58,59)60;/h1-25,45H,(H,49,50,51)(H,52,53,54)(H,55,56,57)(H,58,59,60);/q;+4/p-4. The van der Waals surface area contributed by atoms with Crippen molar-refractivity contribution in [2.45, 2.75) is 19.6 Å². The van der Waals surface area contributed by atoms with Crippen LogP contribution >= 0.6 is 0 Å². The van der Waals surface area contributed by atoms with Crippen molar-refractivity contribution in [2.75, 3.05) is 0 Å². The van der Waals surface area contributed by atoms with Crippen LogP contribution in [0.5, 0.6) is 0 Å². The Bertz CT molecular complexity index is 3800. The Balaban J connectivity index is 0.00000576. The van der Waals surface area contributed by atoms with Crippen LogP contribution in [0.15, 0.2) is 147 Å². The zero-order chi connectivity index (χ0) is 45.3. The average Bonchev–Trinajstić information content (AvgIpc) is 4.05. The topological polar surface area (TPSA) is 275 Å². The first-order valence-electron chi connectivity index (χ1n) is 18.6. The normalized spacial score (nSPS) is 12.9. The van der Waals surface area contributed by atoms with Gasteiger partial charge in [-0.3, -0.25) is 0 Å². The fourth-order valence-corrected chi connectivity index (χ4v) is 9.43. The van der Waals surface area contributed by atoms with Gasteiger partial charge in [0.1, 0.15) is 40.5 Å². The first-order chi connectivity index (χ1) is 30.2. The van der Waals surface area contributed by atoms with Gasteiger partial charge in [0.15, 0.2) is 0 Å². The third-order valence-corrected chi connectivity index (χ3v) is 13.7. The van der Waals surface area contributed by atoms with Gasteiger partial charge in [-0.25, -0.2) is 43.6 Å². The molecule has 0 atom stereocenters. The molecule has 21 heteroatoms. The molecule has 2 aliphatic heterocycles. The van der Waals surface area contributed by atoms with E-state index >= 15 is 0 Å². The van der Waals surface area contributed by atoms with Gasteiger partial charge >= 0.3 is 17.1 Å². The molecule has 325 valence electrons. The SMILES string of the molecule is O=S(=O)([O-])c1ccc(-c2c(-c3ccc(S(=O)(=O)[O-])cc3)c3c(-c4ccc(S(=O)(=O)[O-])cc4)c4nc(cc5ccc(cc6nc(cc2n3-c2ccc(S(=O)(=O)[O-])cc2)C=C6)[nH]5)C=C4)cc1.[Mn+4]. The van der Waals surface area contributed by atoms with E-state index in [2.05, 4.69) is 4.98 Å². The summed E-state index contributed by atoms with van der Waals surface area (Å²) in [5.74, 6) is 0. The second kappa shape index (κ2) is 16.6. The van der Waals surface area contributed by atoms with E-state index in [-0.39, 0.29) is 61.7 Å². The molecule has 0 saturated heterocycles. The minimum absolute atomic E-state index is 0. The second-order valence-electron chi connectivity index (χ2n) is 14.4. The van der Waals surface area contributed by atoms with Crippen molar-refractivity contribution in [1.82, 2.24) is 19.5 Å². The largest absolute Gasteiger partial charge is 4.00 e. The number of hydrogen-bond acceptors (Lipinski definition) is 14. The second-order valence-corrected chi connectivity index (χ2v) is 19.9. The van der Waals surface area contributed by atoms with Gasteiger partial charge in [0.05, 0.1) is 53.4 Å². The molecule has 16 nitrogen and oxygen atoms in total. The molecule has 0 aliphatic carbocycles. The maximum absolute atomic E-state index is 12.2. The van der Waals surface area contributed by atoms with E-state index in [4.69, 9.17) is 9.97 Å². The molecule has 1 radical (unpaired) electrons. The number of H-pyrrole nitrogens is 1. The van der Waals surface area contributed by atoms with Crippen LogP contribution in [0, 0.1) is 0 Å². The Morgan fingerprint density at radius 1 is 0.415 bits per heavy atom. The predicted molar refractivity (Wildman–Crippen MR) is 232 cm³/mol. The van der Waals surface area contributed by atoms with Crippen molar-refractivity contribution in [3.05, 3.63) is 150 Å². The number of aromatic amines is 1. The van der Waals surface area contributed by atoms with Gasteiger partial charge in [-0.05, 0) is 132 Å². The van der Waals surface area contributed by atoms with E-state index < -0.39 is 60.1 Å². The molecule has 0 fully saturated rings. The molecule has 4 aromatic carbocycles. The predicted octanol–water partition coefficient (Wildman–Crippen LogP) is 6.73. The van der Waals surface area contributed by atoms with E-state index in [1.165, 1.54) is 48.5 Å². The molecule has 0 unspecified atom stereocenters. The zero-order valence-corrected chi connectivity index (χ0v) is 37.1. The van der Waals surface area contributed by atoms with Gasteiger partial charge < -0.3 is 27.8 Å². The zero-order valence-electron chi connectivity index (χ0n) is 32.7. The van der Waals surface area contributed by atoms with Gasteiger partial charge in [0, 0.05) is 33.4 Å². The van der Waals surface area contributed by atoms with E-state index in [1.807, 2.05) is 12.1 Å². The van der Waals surface area contributed by atoms with Crippen molar-refractivity contribution < 1.29 is 69.0 Å². The van der Waals surface area contributed by atoms with Gasteiger partial charge in [-0.2, -0.15) is 0 Å². The Morgan fingerprint density at radius 2 is 0.785 bits per heavy atom. The van der Waals surface area contributed by atoms with Crippen LogP contribution < -0.4 is 0 Å². The van der Waals surface area contributed by atoms with E-state index in [9.17, 15) is 51.9 Å². The van der Waals surface area contributed by atoms with Crippen LogP contribution in [0.4, 0.5) is 0 Å². The van der Waals surface area contributed by atoms with Crippen molar-refractivity contribution >= 4 is 86.8 Å². The molecule has 0 spiro atoms. The van der Waals surface area contributed by atoms with Gasteiger partial charge in [0.2, 0.25) is 0 Å². The van der Waals surface area contributed by atoms with Gasteiger partial charge in [-0.15, -0.1) is 0 Å². The van der Waals surface area contributed by atoms with E-state index in [0.717, 1.165) is 48.5 Å². The van der Waals surface area contributed by atoms with Crippen LogP contribution in [-0.2, 0) is 57.5 Å². The summed E-state index contributed by atoms with van der Waals surface area (Å²) in [6.07, 6.45) is 6.85. The average molecular weight is 986 g/mol. The van der Waals surface area contributed by atoms with Gasteiger partial charge in [-0.1, -0.05) is 36.4 Å². The number of hydrogen-bond donors (Lipinski definition) is 1. The van der Waals surface area contributed by atoms with Crippen LogP contribution in [0.25, 0.3) is 85.4 Å². The Morgan fingerprint density at radius 3 is 1.23 bits per heavy atom. The molecule has 2 aliphatic rings. The fourth-order valence-electron chi connectivity index (χ4n) is 7.55. The molecule has 5 heterocycles. The summed E-state index contributed by atoms with van der Waals surface area (Å²) in [5, 5.41) is 0. The first-order valence-corrected chi connectivity index (χ1v) is 24.3. The summed E-state index contributed by atoms with van der Waals surface area (Å²) in [6.45, 7) is 0. The monoisotopic (exact) mass is 985 g/mol. The minimum atomic E-state index is -4.96. The number of benzene rings is 4. The summed E-state index contributed by atoms with van der Waals surface area (Å²) in [5.41, 5.74) is 5.38. The Kier molecular flexibility index (Phi) is 11.5. The van der Waals surface area contributed by atoms with E-state index in [1.54, 1.807) is 47.1 Å². The van der Waals surface area contributed by atoms with Crippen LogP contribution in [0.3, 0.4) is 0 Å². The molecule has 0 amide bonds. The number of fused-ring (bicyclic) bond motifs is 8. The summed E-state index contributed by atoms with van der Waals surface area (Å²) in [6, 6.07) is 28.7. The Labute approximate surface area is 381 Å². The maximum Gasteiger partial charge on any atom is 4.00 e. The molecular formula is C44H26MnN4O12S4. The third-order valence-electron chi connectivity index (χ3n) is 10.3. The number of nitrogens with one attached hydrogen (secondary N) is 1. The summed E-state index contributed by atoms with van der Waals surface area (Å²) >= 11 is 0.